The number of ether oxygens (including phenoxy) is 2. The van der Waals surface area contributed by atoms with Crippen LogP contribution >= 0.6 is 11.8 Å². The van der Waals surface area contributed by atoms with Gasteiger partial charge in [-0.25, -0.2) is 4.79 Å². The number of carboxylic acids is 1. The van der Waals surface area contributed by atoms with E-state index >= 15 is 0 Å². The number of nitrogens with one attached hydrogen (secondary N) is 1. The van der Waals surface area contributed by atoms with Gasteiger partial charge >= 0.3 is 12.0 Å². The average molecular weight is 511 g/mol. The Labute approximate surface area is 214 Å². The van der Waals surface area contributed by atoms with Gasteiger partial charge in [-0.3, -0.25) is 9.59 Å². The van der Waals surface area contributed by atoms with Crippen molar-refractivity contribution < 1.29 is 29.0 Å². The van der Waals surface area contributed by atoms with E-state index in [0.717, 1.165) is 34.2 Å². The van der Waals surface area contributed by atoms with E-state index in [1.165, 1.54) is 13.8 Å². The number of rotatable bonds is 11. The predicted octanol–water partition coefficient (Wildman–Crippen LogP) is 4.57. The van der Waals surface area contributed by atoms with E-state index in [1.54, 1.807) is 12.0 Å². The maximum absolute atomic E-state index is 12.8. The highest BCUT2D eigenvalue weighted by atomic mass is 32.2. The lowest BCUT2D eigenvalue weighted by Crippen LogP contribution is -2.48. The third-order valence-electron chi connectivity index (χ3n) is 5.42. The smallest absolute Gasteiger partial charge is 0.325 e. The Morgan fingerprint density at radius 1 is 1.06 bits per heavy atom. The number of hydrogen-bond acceptors (Lipinski definition) is 6. The second kappa shape index (κ2) is 13.2. The van der Waals surface area contributed by atoms with Crippen molar-refractivity contribution >= 4 is 28.9 Å². The molecule has 8 nitrogen and oxygen atoms in total. The van der Waals surface area contributed by atoms with Gasteiger partial charge in [-0.15, -0.1) is 0 Å². The molecule has 1 atom stereocenters. The highest BCUT2D eigenvalue weighted by Crippen LogP contribution is 2.41. The lowest BCUT2D eigenvalue weighted by Gasteiger charge is -2.31. The summed E-state index contributed by atoms with van der Waals surface area (Å²) in [7, 11) is 1.59. The van der Waals surface area contributed by atoms with Gasteiger partial charge in [0.25, 0.3) is 0 Å². The molecule has 0 radical (unpaired) electrons. The van der Waals surface area contributed by atoms with Gasteiger partial charge in [0, 0.05) is 44.0 Å². The second-order valence-corrected chi connectivity index (χ2v) is 11.9. The third kappa shape index (κ3) is 10.1. The van der Waals surface area contributed by atoms with E-state index in [-0.39, 0.29) is 22.7 Å². The molecule has 2 amide bonds. The molecule has 2 N–H and O–H groups in total. The van der Waals surface area contributed by atoms with Crippen LogP contribution in [0.25, 0.3) is 0 Å². The van der Waals surface area contributed by atoms with Gasteiger partial charge in [0.1, 0.15) is 11.8 Å². The fraction of sp³-hybridized carbons (Fsp3) is 0.654. The lowest BCUT2D eigenvalue weighted by molar-refractivity contribution is -0.138. The first-order chi connectivity index (χ1) is 16.1. The van der Waals surface area contributed by atoms with Gasteiger partial charge in [0.15, 0.2) is 11.9 Å². The zero-order chi connectivity index (χ0) is 27.0. The van der Waals surface area contributed by atoms with Crippen LogP contribution in [0, 0.1) is 0 Å². The highest BCUT2D eigenvalue weighted by Gasteiger charge is 2.28. The van der Waals surface area contributed by atoms with Crippen LogP contribution in [0.4, 0.5) is 4.79 Å². The molecule has 0 aliphatic carbocycles. The lowest BCUT2D eigenvalue weighted by atomic mass is 9.78. The molecule has 0 unspecified atom stereocenters. The molecule has 1 aromatic rings. The Kier molecular flexibility index (Phi) is 11.6. The van der Waals surface area contributed by atoms with Crippen molar-refractivity contribution in [3.8, 4) is 5.75 Å². The SMILES string of the molecule is COCOc1c(C(C)(C)C)cc(CCN(CCSC(C)=O)C(=O)N[C@@H](C)C(=O)O)cc1C(C)(C)C. The first-order valence-electron chi connectivity index (χ1n) is 11.8. The molecule has 198 valence electrons. The molecule has 0 aliphatic heterocycles. The Morgan fingerprint density at radius 3 is 2.03 bits per heavy atom. The molecule has 1 rings (SSSR count). The van der Waals surface area contributed by atoms with Crippen molar-refractivity contribution in [2.24, 2.45) is 0 Å². The van der Waals surface area contributed by atoms with Gasteiger partial charge in [-0.1, -0.05) is 65.4 Å². The van der Waals surface area contributed by atoms with Crippen LogP contribution < -0.4 is 10.1 Å². The molecule has 0 aromatic heterocycles. The van der Waals surface area contributed by atoms with E-state index in [2.05, 4.69) is 59.0 Å². The van der Waals surface area contributed by atoms with Crippen molar-refractivity contribution in [2.75, 3.05) is 32.7 Å². The topological polar surface area (TPSA) is 105 Å². The average Bonchev–Trinajstić information content (AvgIpc) is 2.72. The van der Waals surface area contributed by atoms with Gasteiger partial charge in [-0.05, 0) is 29.7 Å². The van der Waals surface area contributed by atoms with Crippen LogP contribution in [0.5, 0.6) is 5.75 Å². The first kappa shape index (κ1) is 30.8. The zero-order valence-corrected chi connectivity index (χ0v) is 23.4. The van der Waals surface area contributed by atoms with Crippen LogP contribution in [0.1, 0.15) is 72.1 Å². The number of carboxylic acid groups (broad SMARTS) is 1. The fourth-order valence-corrected chi connectivity index (χ4v) is 4.04. The molecule has 0 saturated heterocycles. The molecule has 0 bridgehead atoms. The van der Waals surface area contributed by atoms with E-state index in [4.69, 9.17) is 14.6 Å². The van der Waals surface area contributed by atoms with Gasteiger partial charge < -0.3 is 24.8 Å². The number of hydrogen-bond donors (Lipinski definition) is 2. The number of methoxy groups -OCH3 is 1. The van der Waals surface area contributed by atoms with Gasteiger partial charge in [-0.2, -0.15) is 0 Å². The maximum Gasteiger partial charge on any atom is 0.325 e. The molecule has 9 heteroatoms. The van der Waals surface area contributed by atoms with Crippen molar-refractivity contribution in [2.45, 2.75) is 78.7 Å². The standard InChI is InChI=1S/C26H42N2O6S/c1-17(23(30)31)27-24(32)28(12-13-35-18(2)29)11-10-19-14-20(25(3,4)5)22(34-16-33-9)21(15-19)26(6,7)8/h14-15,17H,10-13,16H2,1-9H3,(H,27,32)(H,30,31)/t17-/m0/s1. The van der Waals surface area contributed by atoms with E-state index in [1.807, 2.05) is 0 Å². The minimum absolute atomic E-state index is 0.0273. The van der Waals surface area contributed by atoms with Crippen LogP contribution in [-0.4, -0.2) is 65.9 Å². The number of urea groups is 1. The largest absolute Gasteiger partial charge is 0.480 e. The minimum Gasteiger partial charge on any atom is -0.480 e. The van der Waals surface area contributed by atoms with E-state index in [0.29, 0.717) is 25.3 Å². The maximum atomic E-state index is 12.8. The highest BCUT2D eigenvalue weighted by molar-refractivity contribution is 8.13. The molecule has 35 heavy (non-hydrogen) atoms. The zero-order valence-electron chi connectivity index (χ0n) is 22.6. The van der Waals surface area contributed by atoms with Gasteiger partial charge in [0.05, 0.1) is 0 Å². The summed E-state index contributed by atoms with van der Waals surface area (Å²) < 4.78 is 11.2. The van der Waals surface area contributed by atoms with Crippen LogP contribution in [0.15, 0.2) is 12.1 Å². The normalized spacial score (nSPS) is 12.7. The van der Waals surface area contributed by atoms with Crippen molar-refractivity contribution in [3.63, 3.8) is 0 Å². The summed E-state index contributed by atoms with van der Waals surface area (Å²) in [6.07, 6.45) is 0.566. The van der Waals surface area contributed by atoms with Crippen LogP contribution in [0.3, 0.4) is 0 Å². The number of benzene rings is 1. The Balaban J connectivity index is 3.30. The summed E-state index contributed by atoms with van der Waals surface area (Å²) in [5.74, 6) is 0.153. The van der Waals surface area contributed by atoms with E-state index in [9.17, 15) is 14.4 Å². The molecule has 0 fully saturated rings. The molecule has 0 aliphatic rings. The first-order valence-corrected chi connectivity index (χ1v) is 12.8. The summed E-state index contributed by atoms with van der Waals surface area (Å²) in [4.78, 5) is 36.9. The van der Waals surface area contributed by atoms with Crippen molar-refractivity contribution in [3.05, 3.63) is 28.8 Å². The Hall–Kier alpha value is -2.26. The Bertz CT molecular complexity index is 854. The summed E-state index contributed by atoms with van der Waals surface area (Å²) in [5.41, 5.74) is 2.78. The number of nitrogens with zero attached hydrogens (tertiary/aromatic N) is 1. The van der Waals surface area contributed by atoms with Crippen LogP contribution in [-0.2, 0) is 31.6 Å². The molecule has 1 aromatic carbocycles. The van der Waals surface area contributed by atoms with Gasteiger partial charge in [0.2, 0.25) is 0 Å². The summed E-state index contributed by atoms with van der Waals surface area (Å²) in [6.45, 7) is 16.5. The Morgan fingerprint density at radius 2 is 1.60 bits per heavy atom. The molecular formula is C26H42N2O6S. The minimum atomic E-state index is -1.10. The van der Waals surface area contributed by atoms with Crippen molar-refractivity contribution in [1.29, 1.82) is 0 Å². The number of amides is 2. The monoisotopic (exact) mass is 510 g/mol. The predicted molar refractivity (Wildman–Crippen MR) is 140 cm³/mol. The molecular weight excluding hydrogens is 468 g/mol. The van der Waals surface area contributed by atoms with Crippen molar-refractivity contribution in [1.82, 2.24) is 10.2 Å². The van der Waals surface area contributed by atoms with E-state index < -0.39 is 18.0 Å². The summed E-state index contributed by atoms with van der Waals surface area (Å²) in [6, 6.07) is 2.75. The summed E-state index contributed by atoms with van der Waals surface area (Å²) >= 11 is 1.14. The second-order valence-electron chi connectivity index (χ2n) is 10.7. The number of aliphatic carboxylic acids is 1. The quantitative estimate of drug-likeness (QED) is 0.420. The summed E-state index contributed by atoms with van der Waals surface area (Å²) in [5, 5.41) is 11.7. The molecule has 0 spiro atoms. The number of carbonyl (C=O) groups is 3. The number of thioether (sulfide) groups is 1. The number of carbonyl (C=O) groups excluding carboxylic acids is 2. The third-order valence-corrected chi connectivity index (χ3v) is 6.21. The van der Waals surface area contributed by atoms with Crippen LogP contribution in [0.2, 0.25) is 0 Å². The fourth-order valence-electron chi connectivity index (χ4n) is 3.44. The molecule has 0 heterocycles. The molecule has 0 saturated carbocycles.